The van der Waals surface area contributed by atoms with Gasteiger partial charge in [0.15, 0.2) is 0 Å². The fourth-order valence-corrected chi connectivity index (χ4v) is 5.04. The molecule has 4 aromatic rings. The van der Waals surface area contributed by atoms with Crippen molar-refractivity contribution in [2.75, 3.05) is 26.4 Å². The van der Waals surface area contributed by atoms with Crippen LogP contribution in [0.2, 0.25) is 0 Å². The first-order valence-corrected chi connectivity index (χ1v) is 13.1. The number of rotatable bonds is 7. The van der Waals surface area contributed by atoms with E-state index in [1.807, 2.05) is 87.2 Å². The number of aromatic nitrogens is 3. The summed E-state index contributed by atoms with van der Waals surface area (Å²) in [6.45, 7) is 10.8. The van der Waals surface area contributed by atoms with E-state index in [4.69, 9.17) is 4.74 Å². The summed E-state index contributed by atoms with van der Waals surface area (Å²) in [7, 11) is 0. The average molecular weight is 517 g/mol. The number of fused-ring (bicyclic) bond motifs is 2. The number of nitrogens with zero attached hydrogens (tertiary/aromatic N) is 3. The van der Waals surface area contributed by atoms with E-state index in [0.29, 0.717) is 38.7 Å². The minimum Gasteiger partial charge on any atom is -0.358 e. The first-order chi connectivity index (χ1) is 18.2. The van der Waals surface area contributed by atoms with Crippen molar-refractivity contribution in [3.8, 4) is 0 Å². The molecule has 0 spiro atoms. The van der Waals surface area contributed by atoms with Crippen LogP contribution in [0.4, 0.5) is 0 Å². The van der Waals surface area contributed by atoms with E-state index in [9.17, 15) is 9.59 Å². The molecular weight excluding hydrogens is 480 g/mol. The van der Waals surface area contributed by atoms with E-state index >= 15 is 0 Å². The first kappa shape index (κ1) is 25.9. The van der Waals surface area contributed by atoms with Gasteiger partial charge < -0.3 is 24.9 Å². The van der Waals surface area contributed by atoms with Gasteiger partial charge in [-0.2, -0.15) is 0 Å². The van der Waals surface area contributed by atoms with Gasteiger partial charge in [0.05, 0.1) is 17.8 Å². The molecule has 38 heavy (non-hydrogen) atoms. The number of hydrogen-bond acceptors (Lipinski definition) is 5. The third-order valence-corrected chi connectivity index (χ3v) is 7.11. The fraction of sp³-hybridized carbons (Fsp3) is 0.414. The van der Waals surface area contributed by atoms with Gasteiger partial charge in [0, 0.05) is 36.6 Å². The van der Waals surface area contributed by atoms with Gasteiger partial charge in [-0.15, -0.1) is 0 Å². The molecule has 1 saturated heterocycles. The molecule has 0 radical (unpaired) electrons. The Bertz CT molecular complexity index is 1370. The SMILES string of the molecule is CC1CN(COCc2nc3ccccc3[nH]2)CCN1C(=O)[C@@H](NC(=O)c1cc2ccccc2[nH]1)C(C)(C)C. The van der Waals surface area contributed by atoms with Gasteiger partial charge >= 0.3 is 0 Å². The summed E-state index contributed by atoms with van der Waals surface area (Å²) < 4.78 is 5.93. The molecule has 200 valence electrons. The summed E-state index contributed by atoms with van der Waals surface area (Å²) >= 11 is 0. The van der Waals surface area contributed by atoms with Crippen LogP contribution < -0.4 is 5.32 Å². The lowest BCUT2D eigenvalue weighted by molar-refractivity contribution is -0.141. The van der Waals surface area contributed by atoms with Gasteiger partial charge in [0.2, 0.25) is 5.91 Å². The number of amides is 2. The molecule has 1 unspecified atom stereocenters. The van der Waals surface area contributed by atoms with Crippen LogP contribution in [0.15, 0.2) is 54.6 Å². The number of aromatic amines is 2. The molecule has 2 atom stereocenters. The van der Waals surface area contributed by atoms with Gasteiger partial charge in [0.25, 0.3) is 5.91 Å². The Kier molecular flexibility index (Phi) is 7.23. The Labute approximate surface area is 222 Å². The second kappa shape index (κ2) is 10.6. The van der Waals surface area contributed by atoms with Gasteiger partial charge in [-0.1, -0.05) is 51.1 Å². The van der Waals surface area contributed by atoms with Crippen molar-refractivity contribution in [1.29, 1.82) is 0 Å². The molecular formula is C29H36N6O3. The summed E-state index contributed by atoms with van der Waals surface area (Å²) in [5.41, 5.74) is 2.82. The van der Waals surface area contributed by atoms with E-state index in [0.717, 1.165) is 27.8 Å². The number of H-pyrrole nitrogens is 2. The van der Waals surface area contributed by atoms with Gasteiger partial charge in [-0.05, 0) is 36.6 Å². The normalized spacial score (nSPS) is 17.7. The van der Waals surface area contributed by atoms with Crippen molar-refractivity contribution in [3.05, 3.63) is 66.1 Å². The highest BCUT2D eigenvalue weighted by atomic mass is 16.5. The average Bonchev–Trinajstić information content (AvgIpc) is 3.50. The maximum Gasteiger partial charge on any atom is 0.268 e. The molecule has 0 saturated carbocycles. The number of nitrogens with one attached hydrogen (secondary N) is 3. The Balaban J connectivity index is 1.17. The highest BCUT2D eigenvalue weighted by Gasteiger charge is 2.39. The highest BCUT2D eigenvalue weighted by Crippen LogP contribution is 2.24. The lowest BCUT2D eigenvalue weighted by Crippen LogP contribution is -2.61. The number of para-hydroxylation sites is 3. The molecule has 1 fully saturated rings. The smallest absolute Gasteiger partial charge is 0.268 e. The zero-order valence-corrected chi connectivity index (χ0v) is 22.5. The molecule has 0 bridgehead atoms. The molecule has 3 N–H and O–H groups in total. The summed E-state index contributed by atoms with van der Waals surface area (Å²) in [5.74, 6) is 0.462. The summed E-state index contributed by atoms with van der Waals surface area (Å²) in [5, 5.41) is 3.98. The monoisotopic (exact) mass is 516 g/mol. The van der Waals surface area contributed by atoms with Crippen LogP contribution in [0.3, 0.4) is 0 Å². The second-order valence-electron chi connectivity index (χ2n) is 11.2. The van der Waals surface area contributed by atoms with E-state index in [2.05, 4.69) is 25.2 Å². The molecule has 3 heterocycles. The lowest BCUT2D eigenvalue weighted by atomic mass is 9.85. The summed E-state index contributed by atoms with van der Waals surface area (Å²) in [4.78, 5) is 41.9. The molecule has 1 aliphatic rings. The molecule has 2 aromatic heterocycles. The third kappa shape index (κ3) is 5.58. The van der Waals surface area contributed by atoms with Crippen LogP contribution in [0.25, 0.3) is 21.9 Å². The van der Waals surface area contributed by atoms with Crippen LogP contribution in [0.1, 0.15) is 44.0 Å². The molecule has 2 amide bonds. The molecule has 2 aromatic carbocycles. The van der Waals surface area contributed by atoms with Crippen LogP contribution in [0, 0.1) is 5.41 Å². The topological polar surface area (TPSA) is 106 Å². The van der Waals surface area contributed by atoms with Crippen molar-refractivity contribution in [3.63, 3.8) is 0 Å². The molecule has 9 heteroatoms. The quantitative estimate of drug-likeness (QED) is 0.346. The standard InChI is InChI=1S/C29H36N6O3/c1-19-16-34(18-38-17-25-31-22-11-7-8-12-23(22)32-25)13-14-35(19)28(37)26(29(2,3)4)33-27(36)24-15-20-9-5-6-10-21(20)30-24/h5-12,15,19,26,30H,13-14,16-18H2,1-4H3,(H,31,32)(H,33,36)/t19?,26-/m1/s1. The first-order valence-electron chi connectivity index (χ1n) is 13.1. The summed E-state index contributed by atoms with van der Waals surface area (Å²) in [6, 6.07) is 16.8. The minimum atomic E-state index is -0.653. The second-order valence-corrected chi connectivity index (χ2v) is 11.2. The predicted octanol–water partition coefficient (Wildman–Crippen LogP) is 3.90. The van der Waals surface area contributed by atoms with Crippen LogP contribution in [0.5, 0.6) is 0 Å². The van der Waals surface area contributed by atoms with Crippen LogP contribution in [-0.4, -0.2) is 75.0 Å². The van der Waals surface area contributed by atoms with Gasteiger partial charge in [-0.25, -0.2) is 4.98 Å². The number of imidazole rings is 1. The Hall–Kier alpha value is -3.69. The number of benzene rings is 2. The van der Waals surface area contributed by atoms with Crippen molar-refractivity contribution in [2.24, 2.45) is 5.41 Å². The largest absolute Gasteiger partial charge is 0.358 e. The predicted molar refractivity (Wildman–Crippen MR) is 148 cm³/mol. The molecule has 1 aliphatic heterocycles. The third-order valence-electron chi connectivity index (χ3n) is 7.11. The van der Waals surface area contributed by atoms with Gasteiger partial charge in [-0.3, -0.25) is 14.5 Å². The fourth-order valence-electron chi connectivity index (χ4n) is 5.04. The maximum atomic E-state index is 13.7. The van der Waals surface area contributed by atoms with Crippen molar-refractivity contribution in [2.45, 2.75) is 46.4 Å². The Morgan fingerprint density at radius 1 is 1.08 bits per heavy atom. The van der Waals surface area contributed by atoms with Crippen LogP contribution >= 0.6 is 0 Å². The Morgan fingerprint density at radius 2 is 1.82 bits per heavy atom. The van der Waals surface area contributed by atoms with Crippen molar-refractivity contribution in [1.82, 2.24) is 30.1 Å². The van der Waals surface area contributed by atoms with E-state index < -0.39 is 11.5 Å². The van der Waals surface area contributed by atoms with E-state index in [1.54, 1.807) is 0 Å². The number of carbonyl (C=O) groups is 2. The highest BCUT2D eigenvalue weighted by molar-refractivity contribution is 6.00. The zero-order valence-electron chi connectivity index (χ0n) is 22.5. The molecule has 9 nitrogen and oxygen atoms in total. The van der Waals surface area contributed by atoms with Crippen LogP contribution in [-0.2, 0) is 16.1 Å². The van der Waals surface area contributed by atoms with Gasteiger partial charge in [0.1, 0.15) is 24.2 Å². The summed E-state index contributed by atoms with van der Waals surface area (Å²) in [6.07, 6.45) is 0. The molecule has 5 rings (SSSR count). The minimum absolute atomic E-state index is 0.0131. The number of hydrogen-bond donors (Lipinski definition) is 3. The number of ether oxygens (including phenoxy) is 1. The zero-order chi connectivity index (χ0) is 26.9. The van der Waals surface area contributed by atoms with E-state index in [1.165, 1.54) is 0 Å². The number of carbonyl (C=O) groups excluding carboxylic acids is 2. The van der Waals surface area contributed by atoms with E-state index in [-0.39, 0.29) is 17.9 Å². The van der Waals surface area contributed by atoms with Crippen molar-refractivity contribution >= 4 is 33.8 Å². The number of piperazine rings is 1. The van der Waals surface area contributed by atoms with Crippen molar-refractivity contribution < 1.29 is 14.3 Å². The Morgan fingerprint density at radius 3 is 2.53 bits per heavy atom. The maximum absolute atomic E-state index is 13.7. The lowest BCUT2D eigenvalue weighted by Gasteiger charge is -2.43. The molecule has 0 aliphatic carbocycles.